The molecule has 1 aliphatic rings. The van der Waals surface area contributed by atoms with E-state index in [0.717, 1.165) is 37.6 Å². The lowest BCUT2D eigenvalue weighted by Crippen LogP contribution is -2.49. The predicted molar refractivity (Wildman–Crippen MR) is 74.7 cm³/mol. The number of nitrogens with two attached hydrogens (primary N) is 1. The summed E-state index contributed by atoms with van der Waals surface area (Å²) in [4.78, 5) is 13.2. The van der Waals surface area contributed by atoms with Crippen molar-refractivity contribution in [2.45, 2.75) is 33.2 Å². The smallest absolute Gasteiger partial charge is 0.221 e. The molecule has 1 saturated heterocycles. The Bertz CT molecular complexity index is 398. The van der Waals surface area contributed by atoms with Crippen LogP contribution in [0.25, 0.3) is 0 Å². The van der Waals surface area contributed by atoms with Gasteiger partial charge in [0.15, 0.2) is 0 Å². The molecule has 18 heavy (non-hydrogen) atoms. The molecule has 0 saturated carbocycles. The molecule has 1 aliphatic heterocycles. The molecular formula is C13H23N5. The van der Waals surface area contributed by atoms with E-state index in [1.165, 1.54) is 6.42 Å². The molecule has 0 bridgehead atoms. The van der Waals surface area contributed by atoms with E-state index in [1.54, 1.807) is 6.20 Å². The van der Waals surface area contributed by atoms with Crippen LogP contribution in [0.4, 0.5) is 11.8 Å². The van der Waals surface area contributed by atoms with E-state index in [-0.39, 0.29) is 0 Å². The van der Waals surface area contributed by atoms with Gasteiger partial charge in [-0.1, -0.05) is 6.92 Å². The summed E-state index contributed by atoms with van der Waals surface area (Å²) in [6.45, 7) is 10.8. The minimum absolute atomic E-state index is 0.361. The maximum Gasteiger partial charge on any atom is 0.221 e. The van der Waals surface area contributed by atoms with Gasteiger partial charge in [0.05, 0.1) is 0 Å². The summed E-state index contributed by atoms with van der Waals surface area (Å²) in [5, 5.41) is 0. The highest BCUT2D eigenvalue weighted by molar-refractivity contribution is 5.48. The Labute approximate surface area is 109 Å². The molecule has 1 unspecified atom stereocenters. The molecule has 0 aromatic carbocycles. The highest BCUT2D eigenvalue weighted by atomic mass is 15.3. The lowest BCUT2D eigenvalue weighted by Gasteiger charge is -2.38. The highest BCUT2D eigenvalue weighted by Gasteiger charge is 2.22. The van der Waals surface area contributed by atoms with Crippen molar-refractivity contribution in [1.82, 2.24) is 14.9 Å². The summed E-state index contributed by atoms with van der Waals surface area (Å²) < 4.78 is 0. The molecule has 2 N–H and O–H groups in total. The van der Waals surface area contributed by atoms with Crippen LogP contribution >= 0.6 is 0 Å². The first-order chi connectivity index (χ1) is 8.61. The van der Waals surface area contributed by atoms with Crippen LogP contribution in [0.5, 0.6) is 0 Å². The van der Waals surface area contributed by atoms with Crippen LogP contribution in [0.2, 0.25) is 0 Å². The average molecular weight is 249 g/mol. The zero-order valence-corrected chi connectivity index (χ0v) is 11.6. The fourth-order valence-electron chi connectivity index (χ4n) is 2.40. The van der Waals surface area contributed by atoms with Crippen molar-refractivity contribution in [2.24, 2.45) is 0 Å². The first kappa shape index (κ1) is 13.1. The molecule has 2 rings (SSSR count). The Kier molecular flexibility index (Phi) is 4.01. The van der Waals surface area contributed by atoms with Gasteiger partial charge in [0.2, 0.25) is 5.95 Å². The van der Waals surface area contributed by atoms with Crippen molar-refractivity contribution in [2.75, 3.05) is 36.8 Å². The van der Waals surface area contributed by atoms with E-state index in [0.29, 0.717) is 12.0 Å². The number of aryl methyl sites for hydroxylation is 1. The number of nitrogen functional groups attached to an aromatic ring is 1. The van der Waals surface area contributed by atoms with E-state index >= 15 is 0 Å². The average Bonchev–Trinajstić information content (AvgIpc) is 2.41. The van der Waals surface area contributed by atoms with Crippen LogP contribution in [0, 0.1) is 6.92 Å². The number of nitrogens with zero attached hydrogens (tertiary/aromatic N) is 4. The van der Waals surface area contributed by atoms with E-state index in [1.807, 2.05) is 6.92 Å². The molecule has 1 fully saturated rings. The molecule has 1 aromatic heterocycles. The molecule has 5 nitrogen and oxygen atoms in total. The number of aromatic nitrogens is 2. The topological polar surface area (TPSA) is 58.3 Å². The summed E-state index contributed by atoms with van der Waals surface area (Å²) in [6.07, 6.45) is 3.01. The summed E-state index contributed by atoms with van der Waals surface area (Å²) >= 11 is 0. The summed E-state index contributed by atoms with van der Waals surface area (Å²) in [6, 6.07) is 0.670. The summed E-state index contributed by atoms with van der Waals surface area (Å²) in [7, 11) is 0. The van der Waals surface area contributed by atoms with Crippen LogP contribution in [0.3, 0.4) is 0 Å². The van der Waals surface area contributed by atoms with Gasteiger partial charge >= 0.3 is 0 Å². The lowest BCUT2D eigenvalue weighted by atomic mass is 10.2. The summed E-state index contributed by atoms with van der Waals surface area (Å²) in [5.74, 6) is 1.35. The number of piperazine rings is 1. The van der Waals surface area contributed by atoms with Crippen molar-refractivity contribution >= 4 is 11.8 Å². The molecule has 0 amide bonds. The number of hydrogen-bond donors (Lipinski definition) is 1. The van der Waals surface area contributed by atoms with E-state index < -0.39 is 0 Å². The standard InChI is InChI=1S/C13H23N5/c1-4-11(3)17-5-7-18(8-6-17)12-10(2)9-15-13(14)16-12/h9,11H,4-8H2,1-3H3,(H2,14,15,16). The van der Waals surface area contributed by atoms with Crippen molar-refractivity contribution in [3.05, 3.63) is 11.8 Å². The minimum atomic E-state index is 0.361. The fraction of sp³-hybridized carbons (Fsp3) is 0.692. The molecular weight excluding hydrogens is 226 g/mol. The summed E-state index contributed by atoms with van der Waals surface area (Å²) in [5.41, 5.74) is 6.77. The van der Waals surface area contributed by atoms with Crippen LogP contribution in [-0.4, -0.2) is 47.1 Å². The monoisotopic (exact) mass is 249 g/mol. The van der Waals surface area contributed by atoms with Gasteiger partial charge in [-0.05, 0) is 20.3 Å². The Morgan fingerprint density at radius 2 is 2.00 bits per heavy atom. The van der Waals surface area contributed by atoms with Gasteiger partial charge < -0.3 is 10.6 Å². The Morgan fingerprint density at radius 1 is 1.33 bits per heavy atom. The first-order valence-corrected chi connectivity index (χ1v) is 6.70. The van der Waals surface area contributed by atoms with Gasteiger partial charge in [-0.15, -0.1) is 0 Å². The van der Waals surface area contributed by atoms with E-state index in [9.17, 15) is 0 Å². The number of rotatable bonds is 3. The number of anilines is 2. The van der Waals surface area contributed by atoms with Crippen molar-refractivity contribution in [3.63, 3.8) is 0 Å². The molecule has 0 spiro atoms. The first-order valence-electron chi connectivity index (χ1n) is 6.70. The largest absolute Gasteiger partial charge is 0.368 e. The maximum absolute atomic E-state index is 5.67. The predicted octanol–water partition coefficient (Wildman–Crippen LogP) is 1.29. The Morgan fingerprint density at radius 3 is 2.61 bits per heavy atom. The van der Waals surface area contributed by atoms with E-state index in [2.05, 4.69) is 33.6 Å². The highest BCUT2D eigenvalue weighted by Crippen LogP contribution is 2.19. The van der Waals surface area contributed by atoms with Gasteiger partial charge in [-0.2, -0.15) is 4.98 Å². The lowest BCUT2D eigenvalue weighted by molar-refractivity contribution is 0.192. The molecule has 100 valence electrons. The maximum atomic E-state index is 5.67. The fourth-order valence-corrected chi connectivity index (χ4v) is 2.40. The Balaban J connectivity index is 2.03. The second-order valence-corrected chi connectivity index (χ2v) is 5.02. The van der Waals surface area contributed by atoms with Gasteiger partial charge in [-0.3, -0.25) is 4.90 Å². The van der Waals surface area contributed by atoms with Gasteiger partial charge in [-0.25, -0.2) is 4.98 Å². The molecule has 0 aliphatic carbocycles. The Hall–Kier alpha value is -1.36. The molecule has 1 aromatic rings. The zero-order chi connectivity index (χ0) is 13.1. The normalized spacial score (nSPS) is 18.9. The van der Waals surface area contributed by atoms with Crippen molar-refractivity contribution in [1.29, 1.82) is 0 Å². The van der Waals surface area contributed by atoms with Crippen LogP contribution in [0.15, 0.2) is 6.20 Å². The molecule has 0 radical (unpaired) electrons. The third kappa shape index (κ3) is 2.72. The van der Waals surface area contributed by atoms with Gasteiger partial charge in [0.1, 0.15) is 5.82 Å². The molecule has 2 heterocycles. The SMILES string of the molecule is CCC(C)N1CCN(c2nc(N)ncc2C)CC1. The molecule has 5 heteroatoms. The van der Waals surface area contributed by atoms with Crippen LogP contribution < -0.4 is 10.6 Å². The quantitative estimate of drug-likeness (QED) is 0.874. The number of hydrogen-bond acceptors (Lipinski definition) is 5. The van der Waals surface area contributed by atoms with Gasteiger partial charge in [0.25, 0.3) is 0 Å². The van der Waals surface area contributed by atoms with Gasteiger partial charge in [0, 0.05) is 44.0 Å². The van der Waals surface area contributed by atoms with Crippen molar-refractivity contribution < 1.29 is 0 Å². The third-order valence-corrected chi connectivity index (χ3v) is 3.79. The second-order valence-electron chi connectivity index (χ2n) is 5.02. The van der Waals surface area contributed by atoms with Crippen LogP contribution in [-0.2, 0) is 0 Å². The second kappa shape index (κ2) is 5.52. The minimum Gasteiger partial charge on any atom is -0.368 e. The molecule has 1 atom stereocenters. The zero-order valence-electron chi connectivity index (χ0n) is 11.6. The third-order valence-electron chi connectivity index (χ3n) is 3.79. The van der Waals surface area contributed by atoms with Crippen molar-refractivity contribution in [3.8, 4) is 0 Å². The van der Waals surface area contributed by atoms with Crippen LogP contribution in [0.1, 0.15) is 25.8 Å². The van der Waals surface area contributed by atoms with E-state index in [4.69, 9.17) is 5.73 Å².